The Morgan fingerprint density at radius 2 is 1.94 bits per heavy atom. The highest BCUT2D eigenvalue weighted by molar-refractivity contribution is 7.99. The number of para-hydroxylation sites is 2. The monoisotopic (exact) mass is 481 g/mol. The number of carbonyl (C=O) groups is 1. The van der Waals surface area contributed by atoms with E-state index in [-0.39, 0.29) is 11.5 Å². The van der Waals surface area contributed by atoms with Crippen molar-refractivity contribution in [3.63, 3.8) is 0 Å². The number of methoxy groups -OCH3 is 2. The highest BCUT2D eigenvalue weighted by atomic mass is 32.2. The predicted octanol–water partition coefficient (Wildman–Crippen LogP) is 3.94. The molecule has 0 aliphatic carbocycles. The lowest BCUT2D eigenvalue weighted by atomic mass is 10.0. The van der Waals surface area contributed by atoms with Gasteiger partial charge in [0.05, 0.1) is 31.0 Å². The van der Waals surface area contributed by atoms with E-state index < -0.39 is 6.17 Å². The number of H-pyrrole nitrogens is 1. The minimum atomic E-state index is -0.732. The highest BCUT2D eigenvalue weighted by Gasteiger charge is 2.46. The maximum Gasteiger partial charge on any atom is 0.325 e. The zero-order valence-electron chi connectivity index (χ0n) is 19.8. The maximum atomic E-state index is 13.4. The first-order valence-corrected chi connectivity index (χ1v) is 12.3. The fourth-order valence-corrected chi connectivity index (χ4v) is 5.15. The summed E-state index contributed by atoms with van der Waals surface area (Å²) in [6.07, 6.45) is 2.53. The van der Waals surface area contributed by atoms with Gasteiger partial charge in [-0.15, -0.1) is 0 Å². The molecule has 0 unspecified atom stereocenters. The van der Waals surface area contributed by atoms with E-state index in [9.17, 15) is 9.59 Å². The molecule has 1 aliphatic rings. The van der Waals surface area contributed by atoms with Crippen molar-refractivity contribution in [1.29, 1.82) is 0 Å². The topological polar surface area (TPSA) is 88.4 Å². The van der Waals surface area contributed by atoms with E-state index in [0.717, 1.165) is 25.0 Å². The number of carbonyl (C=O) groups excluding carboxylic acids is 1. The second-order valence-electron chi connectivity index (χ2n) is 7.97. The number of hydrogen-bond donors (Lipinski definition) is 1. The number of rotatable bonds is 8. The molecular weight excluding hydrogens is 452 g/mol. The van der Waals surface area contributed by atoms with E-state index in [1.807, 2.05) is 36.4 Å². The van der Waals surface area contributed by atoms with Crippen LogP contribution in [0.25, 0.3) is 11.3 Å². The van der Waals surface area contributed by atoms with Gasteiger partial charge in [0.2, 0.25) is 11.1 Å². The standard InChI is InChI=1S/C25H28N4O4S/c1-5-6-9-15-34-25-26-23(31)21-17-11-7-8-13-19(17)28(16(2)30)24(29(21)27-25)18-12-10-14-20(32-3)22(18)33-4/h7-8,10-14,24H,5-6,9,15H2,1-4H3/p+1/t24-/m1/s1. The molecule has 1 N–H and O–H groups in total. The summed E-state index contributed by atoms with van der Waals surface area (Å²) in [5.41, 5.74) is 2.09. The number of hydrogen-bond acceptors (Lipinski definition) is 6. The Labute approximate surface area is 202 Å². The molecule has 0 saturated heterocycles. The molecule has 4 rings (SSSR count). The second-order valence-corrected chi connectivity index (χ2v) is 9.05. The van der Waals surface area contributed by atoms with Crippen LogP contribution in [0.5, 0.6) is 11.5 Å². The van der Waals surface area contributed by atoms with Crippen LogP contribution >= 0.6 is 11.8 Å². The minimum Gasteiger partial charge on any atom is -0.493 e. The van der Waals surface area contributed by atoms with E-state index in [1.165, 1.54) is 18.7 Å². The van der Waals surface area contributed by atoms with Crippen LogP contribution in [0.4, 0.5) is 5.69 Å². The Bertz CT molecular complexity index is 1260. The van der Waals surface area contributed by atoms with Crippen molar-refractivity contribution in [3.8, 4) is 22.8 Å². The molecule has 1 aliphatic heterocycles. The lowest BCUT2D eigenvalue weighted by Crippen LogP contribution is -2.60. The molecule has 0 saturated carbocycles. The Kier molecular flexibility index (Phi) is 7.21. The molecule has 1 aromatic heterocycles. The Balaban J connectivity index is 1.97. The zero-order valence-corrected chi connectivity index (χ0v) is 20.6. The van der Waals surface area contributed by atoms with Crippen LogP contribution in [-0.4, -0.2) is 36.0 Å². The molecular formula is C25H29N4O4S+. The van der Waals surface area contributed by atoms with Gasteiger partial charge >= 0.3 is 11.3 Å². The van der Waals surface area contributed by atoms with E-state index in [0.29, 0.717) is 39.2 Å². The average Bonchev–Trinajstić information content (AvgIpc) is 2.84. The van der Waals surface area contributed by atoms with Crippen molar-refractivity contribution in [2.75, 3.05) is 24.9 Å². The normalized spacial score (nSPS) is 14.4. The molecule has 0 bridgehead atoms. The zero-order chi connectivity index (χ0) is 24.2. The SMILES string of the molecule is CCCCCSc1n[n+]2c(c(=O)[nH]1)-c1ccccc1N(C(C)=O)[C@H]2c1cccc(OC)c1OC. The van der Waals surface area contributed by atoms with Gasteiger partial charge in [0.15, 0.2) is 11.5 Å². The number of nitrogens with zero attached hydrogens (tertiary/aromatic N) is 3. The number of fused-ring (bicyclic) bond motifs is 3. The van der Waals surface area contributed by atoms with Crippen LogP contribution in [0, 0.1) is 0 Å². The van der Waals surface area contributed by atoms with Gasteiger partial charge in [0.25, 0.3) is 6.17 Å². The Morgan fingerprint density at radius 1 is 1.15 bits per heavy atom. The first-order valence-electron chi connectivity index (χ1n) is 11.3. The van der Waals surface area contributed by atoms with Crippen molar-refractivity contribution < 1.29 is 19.0 Å². The van der Waals surface area contributed by atoms with Crippen molar-refractivity contribution in [3.05, 3.63) is 58.4 Å². The smallest absolute Gasteiger partial charge is 0.325 e. The molecule has 8 nitrogen and oxygen atoms in total. The van der Waals surface area contributed by atoms with Crippen molar-refractivity contribution in [1.82, 2.24) is 10.1 Å². The second kappa shape index (κ2) is 10.3. The van der Waals surface area contributed by atoms with Crippen LogP contribution in [0.2, 0.25) is 0 Å². The van der Waals surface area contributed by atoms with E-state index in [2.05, 4.69) is 11.9 Å². The number of benzene rings is 2. The van der Waals surface area contributed by atoms with Gasteiger partial charge in [0, 0.05) is 17.8 Å². The van der Waals surface area contributed by atoms with Crippen molar-refractivity contribution in [2.24, 2.45) is 0 Å². The summed E-state index contributed by atoms with van der Waals surface area (Å²) >= 11 is 1.51. The molecule has 3 aromatic rings. The Hall–Kier alpha value is -3.33. The molecule has 2 heterocycles. The molecule has 0 radical (unpaired) electrons. The van der Waals surface area contributed by atoms with E-state index in [1.54, 1.807) is 29.9 Å². The highest BCUT2D eigenvalue weighted by Crippen LogP contribution is 2.42. The fraction of sp³-hybridized carbons (Fsp3) is 0.360. The van der Waals surface area contributed by atoms with Crippen LogP contribution in [0.1, 0.15) is 44.8 Å². The first kappa shape index (κ1) is 23.8. The van der Waals surface area contributed by atoms with Gasteiger partial charge in [-0.1, -0.05) is 49.7 Å². The van der Waals surface area contributed by atoms with Crippen LogP contribution < -0.4 is 24.6 Å². The van der Waals surface area contributed by atoms with Gasteiger partial charge in [-0.3, -0.25) is 14.6 Å². The molecule has 1 atom stereocenters. The summed E-state index contributed by atoms with van der Waals surface area (Å²) in [7, 11) is 3.12. The van der Waals surface area contributed by atoms with Crippen LogP contribution in [0.3, 0.4) is 0 Å². The van der Waals surface area contributed by atoms with Gasteiger partial charge in [0.1, 0.15) is 0 Å². The third kappa shape index (κ3) is 4.27. The molecule has 178 valence electrons. The number of unbranched alkanes of at least 4 members (excludes halogenated alkanes) is 2. The fourth-order valence-electron chi connectivity index (χ4n) is 4.29. The minimum absolute atomic E-state index is 0.181. The maximum absolute atomic E-state index is 13.4. The number of aromatic nitrogens is 3. The molecule has 2 aromatic carbocycles. The number of thioether (sulfide) groups is 1. The summed E-state index contributed by atoms with van der Waals surface area (Å²) in [5.74, 6) is 1.68. The summed E-state index contributed by atoms with van der Waals surface area (Å²) in [4.78, 5) is 31.0. The number of anilines is 1. The molecule has 34 heavy (non-hydrogen) atoms. The van der Waals surface area contributed by atoms with Crippen molar-refractivity contribution in [2.45, 2.75) is 44.4 Å². The lowest BCUT2D eigenvalue weighted by Gasteiger charge is -2.32. The van der Waals surface area contributed by atoms with Gasteiger partial charge in [-0.25, -0.2) is 4.90 Å². The van der Waals surface area contributed by atoms with Crippen LogP contribution in [0.15, 0.2) is 52.4 Å². The quantitative estimate of drug-likeness (QED) is 0.298. The molecule has 1 amide bonds. The first-order chi connectivity index (χ1) is 16.5. The Morgan fingerprint density at radius 3 is 2.65 bits per heavy atom. The number of amides is 1. The van der Waals surface area contributed by atoms with Gasteiger partial charge in [-0.05, 0) is 35.4 Å². The van der Waals surface area contributed by atoms with Gasteiger partial charge in [-0.2, -0.15) is 0 Å². The van der Waals surface area contributed by atoms with Gasteiger partial charge < -0.3 is 9.47 Å². The van der Waals surface area contributed by atoms with E-state index >= 15 is 0 Å². The van der Waals surface area contributed by atoms with E-state index in [4.69, 9.17) is 14.6 Å². The van der Waals surface area contributed by atoms with Crippen LogP contribution in [-0.2, 0) is 4.79 Å². The lowest BCUT2D eigenvalue weighted by molar-refractivity contribution is -0.763. The number of nitrogens with one attached hydrogen (secondary N) is 1. The summed E-state index contributed by atoms with van der Waals surface area (Å²) in [6, 6.07) is 12.9. The number of aromatic amines is 1. The third-order valence-corrected chi connectivity index (χ3v) is 6.75. The van der Waals surface area contributed by atoms with Crippen molar-refractivity contribution >= 4 is 23.4 Å². The summed E-state index contributed by atoms with van der Waals surface area (Å²) < 4.78 is 12.9. The number of ether oxygens (including phenoxy) is 2. The molecule has 0 fully saturated rings. The predicted molar refractivity (Wildman–Crippen MR) is 132 cm³/mol. The largest absolute Gasteiger partial charge is 0.493 e. The molecule has 9 heteroatoms. The molecule has 0 spiro atoms. The third-order valence-electron chi connectivity index (χ3n) is 5.80. The summed E-state index contributed by atoms with van der Waals surface area (Å²) in [5, 5.41) is 5.34. The average molecular weight is 482 g/mol. The summed E-state index contributed by atoms with van der Waals surface area (Å²) in [6.45, 7) is 3.66.